The van der Waals surface area contributed by atoms with E-state index in [9.17, 15) is 4.39 Å². The normalized spacial score (nSPS) is 12.4. The number of nitrogens with zero attached hydrogens (tertiary/aromatic N) is 2. The Kier molecular flexibility index (Phi) is 3.31. The standard InChI is InChI=1S/C10H12FN5O/c1-17-9-3-2-6(11)4-7(9)10(14-12)8-5-13-16-15-8/h2-5,10,14H,12H2,1H3,(H,13,15,16). The maximum absolute atomic E-state index is 13.3. The van der Waals surface area contributed by atoms with Gasteiger partial charge in [-0.15, -0.1) is 0 Å². The number of hydrogen-bond acceptors (Lipinski definition) is 5. The van der Waals surface area contributed by atoms with Crippen molar-refractivity contribution in [2.24, 2.45) is 5.84 Å². The molecule has 17 heavy (non-hydrogen) atoms. The van der Waals surface area contributed by atoms with Crippen molar-refractivity contribution in [2.75, 3.05) is 7.11 Å². The van der Waals surface area contributed by atoms with Crippen LogP contribution in [0.3, 0.4) is 0 Å². The number of halogens is 1. The Morgan fingerprint density at radius 2 is 2.35 bits per heavy atom. The number of methoxy groups -OCH3 is 1. The van der Waals surface area contributed by atoms with E-state index in [0.29, 0.717) is 17.0 Å². The van der Waals surface area contributed by atoms with Gasteiger partial charge in [-0.2, -0.15) is 15.4 Å². The predicted molar refractivity (Wildman–Crippen MR) is 58.5 cm³/mol. The zero-order valence-corrected chi connectivity index (χ0v) is 9.14. The summed E-state index contributed by atoms with van der Waals surface area (Å²) in [6.45, 7) is 0. The monoisotopic (exact) mass is 237 g/mol. The van der Waals surface area contributed by atoms with E-state index in [1.165, 1.54) is 31.5 Å². The summed E-state index contributed by atoms with van der Waals surface area (Å²) in [5, 5.41) is 10.1. The van der Waals surface area contributed by atoms with Crippen LogP contribution in [0.15, 0.2) is 24.4 Å². The fraction of sp³-hybridized carbons (Fsp3) is 0.200. The number of aromatic nitrogens is 3. The van der Waals surface area contributed by atoms with Gasteiger partial charge < -0.3 is 4.74 Å². The maximum atomic E-state index is 13.3. The van der Waals surface area contributed by atoms with Crippen molar-refractivity contribution in [2.45, 2.75) is 6.04 Å². The lowest BCUT2D eigenvalue weighted by molar-refractivity contribution is 0.402. The van der Waals surface area contributed by atoms with Crippen LogP contribution in [0.25, 0.3) is 0 Å². The van der Waals surface area contributed by atoms with Gasteiger partial charge in [-0.05, 0) is 18.2 Å². The van der Waals surface area contributed by atoms with Crippen LogP contribution in [0.5, 0.6) is 5.75 Å². The summed E-state index contributed by atoms with van der Waals surface area (Å²) in [7, 11) is 1.51. The smallest absolute Gasteiger partial charge is 0.124 e. The second-order valence-corrected chi connectivity index (χ2v) is 3.38. The lowest BCUT2D eigenvalue weighted by Crippen LogP contribution is -2.29. The summed E-state index contributed by atoms with van der Waals surface area (Å²) >= 11 is 0. The molecule has 0 bridgehead atoms. The zero-order chi connectivity index (χ0) is 12.3. The van der Waals surface area contributed by atoms with Crippen LogP contribution < -0.4 is 16.0 Å². The third-order valence-electron chi connectivity index (χ3n) is 2.40. The first-order chi connectivity index (χ1) is 8.26. The molecule has 2 rings (SSSR count). The van der Waals surface area contributed by atoms with Crippen molar-refractivity contribution in [1.29, 1.82) is 0 Å². The van der Waals surface area contributed by atoms with E-state index in [1.807, 2.05) is 0 Å². The van der Waals surface area contributed by atoms with Gasteiger partial charge in [0.1, 0.15) is 17.3 Å². The van der Waals surface area contributed by atoms with Gasteiger partial charge >= 0.3 is 0 Å². The molecular weight excluding hydrogens is 225 g/mol. The van der Waals surface area contributed by atoms with Crippen LogP contribution in [-0.4, -0.2) is 22.5 Å². The Labute approximate surface area is 96.9 Å². The molecule has 0 spiro atoms. The van der Waals surface area contributed by atoms with E-state index in [-0.39, 0.29) is 5.82 Å². The molecule has 0 radical (unpaired) electrons. The van der Waals surface area contributed by atoms with E-state index in [1.54, 1.807) is 0 Å². The molecule has 0 aliphatic heterocycles. The quantitative estimate of drug-likeness (QED) is 0.532. The van der Waals surface area contributed by atoms with Crippen molar-refractivity contribution in [3.05, 3.63) is 41.5 Å². The van der Waals surface area contributed by atoms with E-state index >= 15 is 0 Å². The minimum atomic E-state index is -0.487. The first-order valence-corrected chi connectivity index (χ1v) is 4.91. The number of rotatable bonds is 4. The molecule has 1 unspecified atom stereocenters. The lowest BCUT2D eigenvalue weighted by atomic mass is 10.0. The van der Waals surface area contributed by atoms with Crippen LogP contribution in [0.1, 0.15) is 17.3 Å². The van der Waals surface area contributed by atoms with Gasteiger partial charge in [0.2, 0.25) is 0 Å². The Bertz CT molecular complexity index is 487. The SMILES string of the molecule is COc1ccc(F)cc1C(NN)c1cn[nH]n1. The Balaban J connectivity index is 2.46. The molecule has 1 aromatic heterocycles. The number of nitrogens with two attached hydrogens (primary N) is 1. The molecule has 4 N–H and O–H groups in total. The minimum Gasteiger partial charge on any atom is -0.496 e. The molecule has 0 saturated carbocycles. The predicted octanol–water partition coefficient (Wildman–Crippen LogP) is 0.505. The molecule has 6 nitrogen and oxygen atoms in total. The van der Waals surface area contributed by atoms with Crippen LogP contribution in [0.4, 0.5) is 4.39 Å². The van der Waals surface area contributed by atoms with Crippen LogP contribution in [-0.2, 0) is 0 Å². The highest BCUT2D eigenvalue weighted by Gasteiger charge is 2.19. The number of ether oxygens (including phenoxy) is 1. The van der Waals surface area contributed by atoms with Crippen LogP contribution in [0.2, 0.25) is 0 Å². The zero-order valence-electron chi connectivity index (χ0n) is 9.14. The summed E-state index contributed by atoms with van der Waals surface area (Å²) in [4.78, 5) is 0. The Hall–Kier alpha value is -1.99. The van der Waals surface area contributed by atoms with Crippen LogP contribution in [0, 0.1) is 5.82 Å². The molecule has 0 aliphatic carbocycles. The minimum absolute atomic E-state index is 0.371. The molecule has 0 aliphatic rings. The summed E-state index contributed by atoms with van der Waals surface area (Å²) < 4.78 is 18.4. The molecule has 90 valence electrons. The van der Waals surface area contributed by atoms with Gasteiger partial charge in [0, 0.05) is 5.56 Å². The molecule has 0 fully saturated rings. The van der Waals surface area contributed by atoms with Crippen molar-refractivity contribution in [1.82, 2.24) is 20.8 Å². The van der Waals surface area contributed by atoms with Crippen LogP contribution >= 0.6 is 0 Å². The first-order valence-electron chi connectivity index (χ1n) is 4.91. The van der Waals surface area contributed by atoms with Gasteiger partial charge in [0.05, 0.1) is 19.3 Å². The van der Waals surface area contributed by atoms with E-state index < -0.39 is 6.04 Å². The van der Waals surface area contributed by atoms with Crippen molar-refractivity contribution < 1.29 is 9.13 Å². The molecule has 0 saturated heterocycles. The molecular formula is C10H12FN5O. The molecule has 0 amide bonds. The Morgan fingerprint density at radius 3 is 2.94 bits per heavy atom. The number of aromatic amines is 1. The van der Waals surface area contributed by atoms with E-state index in [2.05, 4.69) is 20.8 Å². The summed E-state index contributed by atoms with van der Waals surface area (Å²) in [6.07, 6.45) is 1.51. The molecule has 7 heteroatoms. The molecule has 1 aromatic carbocycles. The highest BCUT2D eigenvalue weighted by molar-refractivity contribution is 5.39. The van der Waals surface area contributed by atoms with E-state index in [0.717, 1.165) is 0 Å². The van der Waals surface area contributed by atoms with Gasteiger partial charge in [0.15, 0.2) is 0 Å². The maximum Gasteiger partial charge on any atom is 0.124 e. The van der Waals surface area contributed by atoms with Gasteiger partial charge in [-0.3, -0.25) is 5.84 Å². The highest BCUT2D eigenvalue weighted by atomic mass is 19.1. The number of nitrogens with one attached hydrogen (secondary N) is 2. The number of hydrazine groups is 1. The summed E-state index contributed by atoms with van der Waals surface area (Å²) in [5.41, 5.74) is 3.66. The third-order valence-corrected chi connectivity index (χ3v) is 2.40. The summed E-state index contributed by atoms with van der Waals surface area (Å²) in [6, 6.07) is 3.71. The first kappa shape index (κ1) is 11.5. The highest BCUT2D eigenvalue weighted by Crippen LogP contribution is 2.28. The summed E-state index contributed by atoms with van der Waals surface area (Å²) in [5.74, 6) is 5.61. The topological polar surface area (TPSA) is 88.9 Å². The fourth-order valence-electron chi connectivity index (χ4n) is 1.61. The van der Waals surface area contributed by atoms with Gasteiger partial charge in [-0.25, -0.2) is 9.82 Å². The Morgan fingerprint density at radius 1 is 1.53 bits per heavy atom. The lowest BCUT2D eigenvalue weighted by Gasteiger charge is -2.16. The van der Waals surface area contributed by atoms with Gasteiger partial charge in [0.25, 0.3) is 0 Å². The average Bonchev–Trinajstić information content (AvgIpc) is 2.84. The molecule has 1 atom stereocenters. The third kappa shape index (κ3) is 2.24. The molecule has 2 aromatic rings. The fourth-order valence-corrected chi connectivity index (χ4v) is 1.61. The largest absolute Gasteiger partial charge is 0.496 e. The molecule has 1 heterocycles. The number of benzene rings is 1. The number of hydrogen-bond donors (Lipinski definition) is 3. The van der Waals surface area contributed by atoms with Gasteiger partial charge in [-0.1, -0.05) is 0 Å². The second-order valence-electron chi connectivity index (χ2n) is 3.38. The second kappa shape index (κ2) is 4.89. The van der Waals surface area contributed by atoms with Crippen molar-refractivity contribution >= 4 is 0 Å². The number of H-pyrrole nitrogens is 1. The van der Waals surface area contributed by atoms with E-state index in [4.69, 9.17) is 10.6 Å². The van der Waals surface area contributed by atoms with Crippen molar-refractivity contribution in [3.63, 3.8) is 0 Å². The van der Waals surface area contributed by atoms with Crippen molar-refractivity contribution in [3.8, 4) is 5.75 Å². The average molecular weight is 237 g/mol.